The number of halogens is 2. The third-order valence-electron chi connectivity index (χ3n) is 2.54. The number of nitrogens with zero attached hydrogens (tertiary/aromatic N) is 2. The van der Waals surface area contributed by atoms with Crippen LogP contribution >= 0.6 is 38.9 Å². The first-order chi connectivity index (χ1) is 9.72. The Labute approximate surface area is 133 Å². The van der Waals surface area contributed by atoms with Crippen molar-refractivity contribution in [3.8, 4) is 10.7 Å². The number of hydrogen-bond acceptors (Lipinski definition) is 4. The van der Waals surface area contributed by atoms with E-state index in [1.807, 2.05) is 41.8 Å². The van der Waals surface area contributed by atoms with Gasteiger partial charge in [-0.1, -0.05) is 50.9 Å². The topological polar surface area (TPSA) is 38.9 Å². The molecule has 0 bridgehead atoms. The monoisotopic (exact) mass is 366 g/mol. The third kappa shape index (κ3) is 3.00. The van der Waals surface area contributed by atoms with Crippen molar-refractivity contribution in [2.45, 2.75) is 0 Å². The molecule has 0 saturated carbocycles. The molecular weight excluding hydrogens is 360 g/mol. The molecule has 3 nitrogen and oxygen atoms in total. The van der Waals surface area contributed by atoms with Crippen LogP contribution in [-0.2, 0) is 0 Å². The quantitative estimate of drug-likeness (QED) is 0.630. The predicted octanol–water partition coefficient (Wildman–Crippen LogP) is 5.30. The summed E-state index contributed by atoms with van der Waals surface area (Å²) in [6.45, 7) is 0. The molecule has 1 aromatic carbocycles. The molecule has 3 aromatic rings. The zero-order valence-corrected chi connectivity index (χ0v) is 13.2. The van der Waals surface area contributed by atoms with E-state index in [2.05, 4.69) is 26.1 Å². The van der Waals surface area contributed by atoms with Crippen LogP contribution in [-0.4, -0.2) is 10.1 Å². The maximum Gasteiger partial charge on any atom is 0.269 e. The number of rotatable bonds is 3. The fourth-order valence-corrected chi connectivity index (χ4v) is 2.71. The van der Waals surface area contributed by atoms with Crippen molar-refractivity contribution >= 4 is 50.0 Å². The Hall–Kier alpha value is -1.43. The molecule has 0 fully saturated rings. The van der Waals surface area contributed by atoms with Crippen LogP contribution in [0.1, 0.15) is 11.5 Å². The SMILES string of the molecule is ClC(=Cc1ccc(Br)cc1)c1nc(-c2cccs2)no1. The molecule has 0 atom stereocenters. The highest BCUT2D eigenvalue weighted by Crippen LogP contribution is 2.26. The van der Waals surface area contributed by atoms with E-state index in [4.69, 9.17) is 16.1 Å². The summed E-state index contributed by atoms with van der Waals surface area (Å²) in [4.78, 5) is 5.24. The Balaban J connectivity index is 1.87. The van der Waals surface area contributed by atoms with Gasteiger partial charge in [0.25, 0.3) is 5.89 Å². The second-order valence-electron chi connectivity index (χ2n) is 3.94. The fraction of sp³-hybridized carbons (Fsp3) is 0. The molecule has 0 aliphatic heterocycles. The average Bonchev–Trinajstić information content (AvgIpc) is 3.11. The van der Waals surface area contributed by atoms with E-state index < -0.39 is 0 Å². The van der Waals surface area contributed by atoms with Crippen molar-refractivity contribution in [3.05, 3.63) is 57.7 Å². The zero-order valence-electron chi connectivity index (χ0n) is 10.1. The van der Waals surface area contributed by atoms with E-state index in [-0.39, 0.29) is 0 Å². The predicted molar refractivity (Wildman–Crippen MR) is 85.5 cm³/mol. The zero-order chi connectivity index (χ0) is 13.9. The van der Waals surface area contributed by atoms with Crippen molar-refractivity contribution < 1.29 is 4.52 Å². The van der Waals surface area contributed by atoms with Crippen molar-refractivity contribution in [3.63, 3.8) is 0 Å². The third-order valence-corrected chi connectivity index (χ3v) is 4.20. The number of aromatic nitrogens is 2. The molecular formula is C14H8BrClN2OS. The van der Waals surface area contributed by atoms with Crippen LogP contribution in [0.2, 0.25) is 0 Å². The molecule has 20 heavy (non-hydrogen) atoms. The van der Waals surface area contributed by atoms with Gasteiger partial charge in [0, 0.05) is 4.47 Å². The molecule has 2 heterocycles. The smallest absolute Gasteiger partial charge is 0.269 e. The van der Waals surface area contributed by atoms with E-state index in [0.717, 1.165) is 14.9 Å². The van der Waals surface area contributed by atoms with Crippen LogP contribution in [0.15, 0.2) is 50.8 Å². The summed E-state index contributed by atoms with van der Waals surface area (Å²) in [6.07, 6.45) is 1.79. The van der Waals surface area contributed by atoms with Gasteiger partial charge in [0.1, 0.15) is 5.03 Å². The maximum absolute atomic E-state index is 6.21. The summed E-state index contributed by atoms with van der Waals surface area (Å²) in [5.74, 6) is 0.871. The van der Waals surface area contributed by atoms with Crippen LogP contribution in [0.3, 0.4) is 0 Å². The lowest BCUT2D eigenvalue weighted by molar-refractivity contribution is 0.410. The van der Waals surface area contributed by atoms with Gasteiger partial charge in [-0.2, -0.15) is 4.98 Å². The van der Waals surface area contributed by atoms with Gasteiger partial charge in [0.15, 0.2) is 0 Å². The molecule has 0 unspecified atom stereocenters. The fourth-order valence-electron chi connectivity index (χ4n) is 1.59. The molecule has 0 radical (unpaired) electrons. The Kier molecular flexibility index (Phi) is 4.00. The van der Waals surface area contributed by atoms with Crippen molar-refractivity contribution in [2.24, 2.45) is 0 Å². The Morgan fingerprint density at radius 1 is 1.25 bits per heavy atom. The van der Waals surface area contributed by atoms with Gasteiger partial charge in [-0.25, -0.2) is 0 Å². The highest BCUT2D eigenvalue weighted by Gasteiger charge is 2.11. The first kappa shape index (κ1) is 13.5. The molecule has 100 valence electrons. The average molecular weight is 368 g/mol. The number of benzene rings is 1. The van der Waals surface area contributed by atoms with Crippen LogP contribution in [0.5, 0.6) is 0 Å². The van der Waals surface area contributed by atoms with E-state index in [1.54, 1.807) is 17.4 Å². The summed E-state index contributed by atoms with van der Waals surface area (Å²) in [5.41, 5.74) is 0.967. The van der Waals surface area contributed by atoms with Gasteiger partial charge in [-0.15, -0.1) is 11.3 Å². The van der Waals surface area contributed by atoms with Crippen molar-refractivity contribution in [1.29, 1.82) is 0 Å². The second-order valence-corrected chi connectivity index (χ2v) is 6.21. The minimum atomic E-state index is 0.318. The second kappa shape index (κ2) is 5.91. The highest BCUT2D eigenvalue weighted by atomic mass is 79.9. The molecule has 0 saturated heterocycles. The molecule has 6 heteroatoms. The Morgan fingerprint density at radius 2 is 2.05 bits per heavy atom. The molecule has 2 aromatic heterocycles. The Morgan fingerprint density at radius 3 is 2.75 bits per heavy atom. The molecule has 0 aliphatic carbocycles. The largest absolute Gasteiger partial charge is 0.333 e. The molecule has 0 aliphatic rings. The minimum Gasteiger partial charge on any atom is -0.333 e. The summed E-state index contributed by atoms with van der Waals surface area (Å²) in [5, 5.41) is 6.31. The first-order valence-corrected chi connectivity index (χ1v) is 7.78. The van der Waals surface area contributed by atoms with E-state index in [0.29, 0.717) is 16.7 Å². The molecule has 3 rings (SSSR count). The summed E-state index contributed by atoms with van der Waals surface area (Å²) >= 11 is 11.2. The van der Waals surface area contributed by atoms with Gasteiger partial charge in [-0.3, -0.25) is 0 Å². The lowest BCUT2D eigenvalue weighted by atomic mass is 10.2. The molecule has 0 N–H and O–H groups in total. The first-order valence-electron chi connectivity index (χ1n) is 5.73. The lowest BCUT2D eigenvalue weighted by Crippen LogP contribution is -1.79. The maximum atomic E-state index is 6.21. The normalized spacial score (nSPS) is 11.8. The van der Waals surface area contributed by atoms with Gasteiger partial charge in [0.05, 0.1) is 4.88 Å². The van der Waals surface area contributed by atoms with Gasteiger partial charge < -0.3 is 4.52 Å². The van der Waals surface area contributed by atoms with Gasteiger partial charge in [-0.05, 0) is 35.2 Å². The van der Waals surface area contributed by atoms with Gasteiger partial charge >= 0.3 is 0 Å². The molecule has 0 amide bonds. The van der Waals surface area contributed by atoms with Crippen LogP contribution in [0.25, 0.3) is 21.8 Å². The Bertz CT molecular complexity index is 735. The van der Waals surface area contributed by atoms with Gasteiger partial charge in [0.2, 0.25) is 5.82 Å². The van der Waals surface area contributed by atoms with E-state index >= 15 is 0 Å². The minimum absolute atomic E-state index is 0.318. The standard InChI is InChI=1S/C14H8BrClN2OS/c15-10-5-3-9(4-6-10)8-11(16)14-17-13(18-19-14)12-2-1-7-20-12/h1-8H. The van der Waals surface area contributed by atoms with Crippen molar-refractivity contribution in [2.75, 3.05) is 0 Å². The number of thiophene rings is 1. The van der Waals surface area contributed by atoms with Crippen molar-refractivity contribution in [1.82, 2.24) is 10.1 Å². The molecule has 0 spiro atoms. The van der Waals surface area contributed by atoms with Crippen LogP contribution in [0, 0.1) is 0 Å². The summed E-state index contributed by atoms with van der Waals surface area (Å²) in [6, 6.07) is 11.7. The van der Waals surface area contributed by atoms with Crippen LogP contribution in [0.4, 0.5) is 0 Å². The summed E-state index contributed by atoms with van der Waals surface area (Å²) < 4.78 is 6.20. The lowest BCUT2D eigenvalue weighted by Gasteiger charge is -1.94. The van der Waals surface area contributed by atoms with E-state index in [1.165, 1.54) is 0 Å². The number of hydrogen-bond donors (Lipinski definition) is 0. The highest BCUT2D eigenvalue weighted by molar-refractivity contribution is 9.10. The van der Waals surface area contributed by atoms with E-state index in [9.17, 15) is 0 Å². The summed E-state index contributed by atoms with van der Waals surface area (Å²) in [7, 11) is 0. The van der Waals surface area contributed by atoms with Crippen LogP contribution < -0.4 is 0 Å².